The van der Waals surface area contributed by atoms with Gasteiger partial charge in [0.2, 0.25) is 0 Å². The van der Waals surface area contributed by atoms with Crippen LogP contribution in [-0.2, 0) is 30.4 Å². The average Bonchev–Trinajstić information content (AvgIpc) is 3.04. The third-order valence-electron chi connectivity index (χ3n) is 6.27. The standard InChI is InChI=1S/C24H32N2O7S.2C7H8/c1-18-10-12-21(13-11-18)34(29,30)33-20(14-15-25-23(28)32-24(2,3)4)16-26-22(27)31-17-19-8-6-5-7-9-19;2*1-7-5-3-2-4-6-7/h5-13,20H,14-17H2,1-4H3,(H,25,28)(H,26,27);2*2-6H,1H3. The zero-order chi connectivity index (χ0) is 35.4. The first-order valence-corrected chi connectivity index (χ1v) is 17.1. The van der Waals surface area contributed by atoms with Crippen LogP contribution in [-0.4, -0.2) is 45.4 Å². The van der Waals surface area contributed by atoms with Gasteiger partial charge in [-0.05, 0) is 65.7 Å². The van der Waals surface area contributed by atoms with Gasteiger partial charge in [0.15, 0.2) is 0 Å². The molecule has 48 heavy (non-hydrogen) atoms. The Morgan fingerprint density at radius 3 is 1.60 bits per heavy atom. The maximum absolute atomic E-state index is 12.7. The van der Waals surface area contributed by atoms with E-state index in [1.165, 1.54) is 23.3 Å². The van der Waals surface area contributed by atoms with E-state index in [1.54, 1.807) is 32.9 Å². The number of benzene rings is 4. The van der Waals surface area contributed by atoms with Crippen LogP contribution >= 0.6 is 0 Å². The first-order valence-electron chi connectivity index (χ1n) is 15.7. The van der Waals surface area contributed by atoms with Crippen LogP contribution in [0.2, 0.25) is 0 Å². The number of rotatable bonds is 10. The predicted molar refractivity (Wildman–Crippen MR) is 189 cm³/mol. The maximum Gasteiger partial charge on any atom is 0.407 e. The first-order chi connectivity index (χ1) is 22.7. The highest BCUT2D eigenvalue weighted by molar-refractivity contribution is 7.86. The maximum atomic E-state index is 12.7. The number of alkyl carbamates (subject to hydrolysis) is 2. The van der Waals surface area contributed by atoms with E-state index >= 15 is 0 Å². The molecule has 9 nitrogen and oxygen atoms in total. The monoisotopic (exact) mass is 676 g/mol. The van der Waals surface area contributed by atoms with Gasteiger partial charge in [0.1, 0.15) is 12.2 Å². The van der Waals surface area contributed by atoms with Crippen molar-refractivity contribution in [3.8, 4) is 0 Å². The van der Waals surface area contributed by atoms with Crippen LogP contribution in [0.4, 0.5) is 9.59 Å². The molecule has 10 heteroatoms. The van der Waals surface area contributed by atoms with Gasteiger partial charge >= 0.3 is 12.2 Å². The molecule has 2 amide bonds. The topological polar surface area (TPSA) is 120 Å². The first kappa shape index (κ1) is 39.5. The van der Waals surface area contributed by atoms with Crippen LogP contribution in [0.5, 0.6) is 0 Å². The molecule has 0 aromatic heterocycles. The summed E-state index contributed by atoms with van der Waals surface area (Å²) in [6, 6.07) is 35.9. The molecule has 0 spiro atoms. The van der Waals surface area contributed by atoms with E-state index in [-0.39, 0.29) is 31.0 Å². The molecular weight excluding hydrogens is 628 g/mol. The molecule has 4 rings (SSSR count). The van der Waals surface area contributed by atoms with Gasteiger partial charge in [-0.1, -0.05) is 120 Å². The summed E-state index contributed by atoms with van der Waals surface area (Å²) in [5, 5.41) is 5.08. The summed E-state index contributed by atoms with van der Waals surface area (Å²) in [4.78, 5) is 24.0. The van der Waals surface area contributed by atoms with E-state index in [0.29, 0.717) is 0 Å². The molecule has 258 valence electrons. The smallest absolute Gasteiger partial charge is 0.407 e. The van der Waals surface area contributed by atoms with Crippen LogP contribution in [0.3, 0.4) is 0 Å². The number of aryl methyl sites for hydroxylation is 3. The summed E-state index contributed by atoms with van der Waals surface area (Å²) >= 11 is 0. The Labute approximate surface area is 285 Å². The lowest BCUT2D eigenvalue weighted by molar-refractivity contribution is 0.0520. The number of hydrogen-bond acceptors (Lipinski definition) is 7. The van der Waals surface area contributed by atoms with Crippen molar-refractivity contribution in [3.63, 3.8) is 0 Å². The number of ether oxygens (including phenoxy) is 2. The van der Waals surface area contributed by atoms with Crippen molar-refractivity contribution in [2.75, 3.05) is 13.1 Å². The van der Waals surface area contributed by atoms with E-state index in [0.717, 1.165) is 11.1 Å². The lowest BCUT2D eigenvalue weighted by atomic mass is 10.2. The van der Waals surface area contributed by atoms with Crippen molar-refractivity contribution in [1.29, 1.82) is 0 Å². The van der Waals surface area contributed by atoms with Gasteiger partial charge in [-0.3, -0.25) is 4.18 Å². The van der Waals surface area contributed by atoms with Gasteiger partial charge in [0.25, 0.3) is 10.1 Å². The Kier molecular flexibility index (Phi) is 16.9. The van der Waals surface area contributed by atoms with Gasteiger partial charge in [0.05, 0.1) is 11.0 Å². The molecule has 0 saturated heterocycles. The Morgan fingerprint density at radius 2 is 1.15 bits per heavy atom. The fourth-order valence-corrected chi connectivity index (χ4v) is 4.92. The van der Waals surface area contributed by atoms with E-state index in [1.807, 2.05) is 73.7 Å². The number of amides is 2. The molecule has 0 aliphatic carbocycles. The van der Waals surface area contributed by atoms with Crippen LogP contribution in [0, 0.1) is 20.8 Å². The van der Waals surface area contributed by atoms with Gasteiger partial charge < -0.3 is 20.1 Å². The van der Waals surface area contributed by atoms with Gasteiger partial charge in [0, 0.05) is 13.1 Å². The second-order valence-corrected chi connectivity index (χ2v) is 13.5. The number of hydrogen-bond donors (Lipinski definition) is 2. The highest BCUT2D eigenvalue weighted by Crippen LogP contribution is 2.16. The van der Waals surface area contributed by atoms with E-state index in [4.69, 9.17) is 13.7 Å². The summed E-state index contributed by atoms with van der Waals surface area (Å²) in [6.07, 6.45) is -2.21. The van der Waals surface area contributed by atoms with E-state index in [2.05, 4.69) is 48.7 Å². The van der Waals surface area contributed by atoms with Gasteiger partial charge in [-0.15, -0.1) is 0 Å². The molecule has 4 aromatic rings. The van der Waals surface area contributed by atoms with Crippen molar-refractivity contribution >= 4 is 22.3 Å². The van der Waals surface area contributed by atoms with E-state index in [9.17, 15) is 18.0 Å². The zero-order valence-corrected chi connectivity index (χ0v) is 29.5. The second-order valence-electron chi connectivity index (χ2n) is 12.0. The molecular formula is C38H48N2O7S. The minimum atomic E-state index is -4.09. The van der Waals surface area contributed by atoms with Crippen LogP contribution < -0.4 is 10.6 Å². The Bertz CT molecular complexity index is 1550. The highest BCUT2D eigenvalue weighted by Gasteiger charge is 2.23. The normalized spacial score (nSPS) is 11.4. The third-order valence-corrected chi connectivity index (χ3v) is 7.65. The quantitative estimate of drug-likeness (QED) is 0.164. The molecule has 0 heterocycles. The summed E-state index contributed by atoms with van der Waals surface area (Å²) in [7, 11) is -4.09. The molecule has 4 aromatic carbocycles. The lowest BCUT2D eigenvalue weighted by Gasteiger charge is -2.21. The zero-order valence-electron chi connectivity index (χ0n) is 28.6. The van der Waals surface area contributed by atoms with Crippen molar-refractivity contribution in [1.82, 2.24) is 10.6 Å². The molecule has 0 radical (unpaired) electrons. The van der Waals surface area contributed by atoms with Gasteiger partial charge in [-0.25, -0.2) is 9.59 Å². The SMILES string of the molecule is Cc1ccc(S(=O)(=O)OC(CCNC(=O)OC(C)(C)C)CNC(=O)OCc2ccccc2)cc1.Cc1ccccc1.Cc1ccccc1. The Morgan fingerprint density at radius 1 is 0.667 bits per heavy atom. The van der Waals surface area contributed by atoms with Crippen molar-refractivity contribution in [3.05, 3.63) is 138 Å². The van der Waals surface area contributed by atoms with Gasteiger partial charge in [-0.2, -0.15) is 8.42 Å². The molecule has 0 aliphatic heterocycles. The Balaban J connectivity index is 0.000000464. The number of nitrogens with one attached hydrogen (secondary N) is 2. The average molecular weight is 677 g/mol. The molecule has 0 aliphatic rings. The molecule has 1 unspecified atom stereocenters. The van der Waals surface area contributed by atoms with Crippen molar-refractivity contribution < 1.29 is 31.7 Å². The minimum Gasteiger partial charge on any atom is -0.445 e. The third kappa shape index (κ3) is 17.9. The molecule has 0 bridgehead atoms. The summed E-state index contributed by atoms with van der Waals surface area (Å²) in [5.41, 5.74) is 3.69. The predicted octanol–water partition coefficient (Wildman–Crippen LogP) is 7.90. The Hall–Kier alpha value is -4.67. The number of carbonyl (C=O) groups excluding carboxylic acids is 2. The van der Waals surface area contributed by atoms with Crippen LogP contribution in [0.25, 0.3) is 0 Å². The highest BCUT2D eigenvalue weighted by atomic mass is 32.2. The second kappa shape index (κ2) is 20.5. The summed E-state index contributed by atoms with van der Waals surface area (Å²) in [6.45, 7) is 11.2. The van der Waals surface area contributed by atoms with Crippen molar-refractivity contribution in [2.24, 2.45) is 0 Å². The van der Waals surface area contributed by atoms with Crippen LogP contribution in [0.15, 0.2) is 120 Å². The van der Waals surface area contributed by atoms with Crippen molar-refractivity contribution in [2.45, 2.75) is 71.2 Å². The lowest BCUT2D eigenvalue weighted by Crippen LogP contribution is -2.39. The minimum absolute atomic E-state index is 0.00476. The molecule has 0 saturated carbocycles. The fraction of sp³-hybridized carbons (Fsp3) is 0.316. The fourth-order valence-electron chi connectivity index (χ4n) is 3.81. The molecule has 0 fully saturated rings. The summed E-state index contributed by atoms with van der Waals surface area (Å²) < 4.78 is 41.1. The molecule has 1 atom stereocenters. The van der Waals surface area contributed by atoms with Crippen LogP contribution in [0.1, 0.15) is 49.4 Å². The summed E-state index contributed by atoms with van der Waals surface area (Å²) in [5.74, 6) is 0. The molecule has 2 N–H and O–H groups in total. The number of carbonyl (C=O) groups is 2. The van der Waals surface area contributed by atoms with E-state index < -0.39 is 34.0 Å². The largest absolute Gasteiger partial charge is 0.445 e.